The fraction of sp³-hybridized carbons (Fsp3) is 0.455. The van der Waals surface area contributed by atoms with Crippen LogP contribution in [0.25, 0.3) is 0 Å². The zero-order valence-electron chi connectivity index (χ0n) is 16.3. The van der Waals surface area contributed by atoms with Crippen LogP contribution in [0.1, 0.15) is 30.5 Å². The van der Waals surface area contributed by atoms with Crippen molar-refractivity contribution in [3.63, 3.8) is 0 Å². The van der Waals surface area contributed by atoms with Gasteiger partial charge < -0.3 is 14.6 Å². The van der Waals surface area contributed by atoms with Crippen LogP contribution in [0.2, 0.25) is 0 Å². The molecule has 0 amide bonds. The smallest absolute Gasteiger partial charge is 0.118 e. The van der Waals surface area contributed by atoms with E-state index in [4.69, 9.17) is 9.47 Å². The number of methoxy groups -OCH3 is 1. The SMILES string of the molecule is COc1ccc(CN(Cc2cccc(C)c2)C[C@@H](O)COC(C)C)cc1. The third-order valence-electron chi connectivity index (χ3n) is 4.14. The number of hydrogen-bond donors (Lipinski definition) is 1. The molecule has 1 atom stereocenters. The summed E-state index contributed by atoms with van der Waals surface area (Å²) in [7, 11) is 1.67. The Morgan fingerprint density at radius 3 is 2.31 bits per heavy atom. The van der Waals surface area contributed by atoms with E-state index in [2.05, 4.69) is 48.2 Å². The highest BCUT2D eigenvalue weighted by molar-refractivity contribution is 5.27. The first-order chi connectivity index (χ1) is 12.5. The molecule has 0 aliphatic carbocycles. The molecule has 0 fully saturated rings. The maximum absolute atomic E-state index is 10.4. The van der Waals surface area contributed by atoms with Crippen LogP contribution in [0.4, 0.5) is 0 Å². The van der Waals surface area contributed by atoms with Crippen LogP contribution in [-0.2, 0) is 17.8 Å². The average Bonchev–Trinajstić information content (AvgIpc) is 2.60. The van der Waals surface area contributed by atoms with Crippen molar-refractivity contribution in [3.05, 3.63) is 65.2 Å². The topological polar surface area (TPSA) is 41.9 Å². The van der Waals surface area contributed by atoms with E-state index < -0.39 is 6.10 Å². The molecule has 0 bridgehead atoms. The molecule has 0 aliphatic heterocycles. The fourth-order valence-electron chi connectivity index (χ4n) is 2.90. The number of aliphatic hydroxyl groups is 1. The molecule has 2 rings (SSSR count). The Bertz CT molecular complexity index is 655. The summed E-state index contributed by atoms with van der Waals surface area (Å²) in [5.74, 6) is 0.851. The fourth-order valence-corrected chi connectivity index (χ4v) is 2.90. The van der Waals surface area contributed by atoms with Crippen molar-refractivity contribution in [2.24, 2.45) is 0 Å². The average molecular weight is 357 g/mol. The Morgan fingerprint density at radius 2 is 1.69 bits per heavy atom. The van der Waals surface area contributed by atoms with Crippen LogP contribution < -0.4 is 4.74 Å². The number of ether oxygens (including phenoxy) is 2. The zero-order chi connectivity index (χ0) is 18.9. The number of aliphatic hydroxyl groups excluding tert-OH is 1. The highest BCUT2D eigenvalue weighted by atomic mass is 16.5. The molecule has 0 unspecified atom stereocenters. The van der Waals surface area contributed by atoms with E-state index in [0.29, 0.717) is 13.2 Å². The van der Waals surface area contributed by atoms with Crippen molar-refractivity contribution in [2.75, 3.05) is 20.3 Å². The summed E-state index contributed by atoms with van der Waals surface area (Å²) >= 11 is 0. The Labute approximate surface area is 157 Å². The molecule has 0 radical (unpaired) electrons. The second kappa shape index (κ2) is 10.3. The standard InChI is InChI=1S/C22H31NO3/c1-17(2)26-16-21(24)15-23(14-20-7-5-6-18(3)12-20)13-19-8-10-22(25-4)11-9-19/h5-12,17,21,24H,13-16H2,1-4H3/t21-/m1/s1. The van der Waals surface area contributed by atoms with Gasteiger partial charge in [0, 0.05) is 19.6 Å². The predicted molar refractivity (Wildman–Crippen MR) is 105 cm³/mol. The van der Waals surface area contributed by atoms with Crippen molar-refractivity contribution < 1.29 is 14.6 Å². The van der Waals surface area contributed by atoms with Gasteiger partial charge in [-0.25, -0.2) is 0 Å². The lowest BCUT2D eigenvalue weighted by molar-refractivity contribution is -0.0106. The predicted octanol–water partition coefficient (Wildman–Crippen LogP) is 3.79. The Hall–Kier alpha value is -1.88. The number of hydrogen-bond acceptors (Lipinski definition) is 4. The van der Waals surface area contributed by atoms with Crippen LogP contribution in [0.3, 0.4) is 0 Å². The molecule has 4 heteroatoms. The minimum absolute atomic E-state index is 0.122. The molecule has 0 aromatic heterocycles. The van der Waals surface area contributed by atoms with Crippen molar-refractivity contribution >= 4 is 0 Å². The van der Waals surface area contributed by atoms with E-state index in [9.17, 15) is 5.11 Å². The minimum Gasteiger partial charge on any atom is -0.497 e. The summed E-state index contributed by atoms with van der Waals surface area (Å²) in [5.41, 5.74) is 3.68. The second-order valence-electron chi connectivity index (χ2n) is 7.04. The maximum atomic E-state index is 10.4. The third kappa shape index (κ3) is 7.16. The van der Waals surface area contributed by atoms with E-state index >= 15 is 0 Å². The van der Waals surface area contributed by atoms with Crippen LogP contribution in [0, 0.1) is 6.92 Å². The van der Waals surface area contributed by atoms with Gasteiger partial charge in [-0.2, -0.15) is 0 Å². The monoisotopic (exact) mass is 357 g/mol. The highest BCUT2D eigenvalue weighted by Crippen LogP contribution is 2.16. The molecular weight excluding hydrogens is 326 g/mol. The maximum Gasteiger partial charge on any atom is 0.118 e. The van der Waals surface area contributed by atoms with Gasteiger partial charge in [0.2, 0.25) is 0 Å². The van der Waals surface area contributed by atoms with Crippen LogP contribution >= 0.6 is 0 Å². The number of nitrogens with zero attached hydrogens (tertiary/aromatic N) is 1. The molecule has 0 heterocycles. The van der Waals surface area contributed by atoms with Gasteiger partial charge in [-0.3, -0.25) is 4.90 Å². The van der Waals surface area contributed by atoms with Gasteiger partial charge in [0.15, 0.2) is 0 Å². The molecule has 26 heavy (non-hydrogen) atoms. The first kappa shape index (κ1) is 20.4. The summed E-state index contributed by atoms with van der Waals surface area (Å²) in [6.45, 7) is 8.52. The van der Waals surface area contributed by atoms with Gasteiger partial charge >= 0.3 is 0 Å². The zero-order valence-corrected chi connectivity index (χ0v) is 16.3. The Balaban J connectivity index is 2.06. The van der Waals surface area contributed by atoms with Gasteiger partial charge in [-0.15, -0.1) is 0 Å². The summed E-state index contributed by atoms with van der Waals surface area (Å²) in [6, 6.07) is 16.6. The molecule has 0 saturated carbocycles. The van der Waals surface area contributed by atoms with Crippen molar-refractivity contribution in [1.82, 2.24) is 4.90 Å². The highest BCUT2D eigenvalue weighted by Gasteiger charge is 2.14. The second-order valence-corrected chi connectivity index (χ2v) is 7.04. The largest absolute Gasteiger partial charge is 0.497 e. The van der Waals surface area contributed by atoms with Crippen molar-refractivity contribution in [1.29, 1.82) is 0 Å². The molecule has 1 N–H and O–H groups in total. The van der Waals surface area contributed by atoms with Crippen LogP contribution in [0.5, 0.6) is 5.75 Å². The van der Waals surface area contributed by atoms with Gasteiger partial charge in [0.05, 0.1) is 25.9 Å². The molecule has 142 valence electrons. The Morgan fingerprint density at radius 1 is 1.00 bits per heavy atom. The van der Waals surface area contributed by atoms with E-state index in [1.54, 1.807) is 7.11 Å². The normalized spacial score (nSPS) is 12.6. The number of aryl methyl sites for hydroxylation is 1. The van der Waals surface area contributed by atoms with Gasteiger partial charge in [-0.05, 0) is 44.0 Å². The summed E-state index contributed by atoms with van der Waals surface area (Å²) in [6.07, 6.45) is -0.392. The molecule has 0 spiro atoms. The van der Waals surface area contributed by atoms with Crippen LogP contribution in [0.15, 0.2) is 48.5 Å². The molecular formula is C22H31NO3. The number of benzene rings is 2. The summed E-state index contributed by atoms with van der Waals surface area (Å²) < 4.78 is 10.8. The third-order valence-corrected chi connectivity index (χ3v) is 4.14. The first-order valence-corrected chi connectivity index (χ1v) is 9.16. The minimum atomic E-state index is -0.513. The van der Waals surface area contributed by atoms with E-state index in [1.807, 2.05) is 26.0 Å². The van der Waals surface area contributed by atoms with E-state index in [-0.39, 0.29) is 6.10 Å². The molecule has 2 aromatic carbocycles. The molecule has 4 nitrogen and oxygen atoms in total. The van der Waals surface area contributed by atoms with Crippen molar-refractivity contribution in [3.8, 4) is 5.75 Å². The molecule has 2 aromatic rings. The Kier molecular flexibility index (Phi) is 8.10. The van der Waals surface area contributed by atoms with Crippen LogP contribution in [-0.4, -0.2) is 42.5 Å². The lowest BCUT2D eigenvalue weighted by atomic mass is 10.1. The van der Waals surface area contributed by atoms with Gasteiger partial charge in [0.1, 0.15) is 5.75 Å². The van der Waals surface area contributed by atoms with E-state index in [0.717, 1.165) is 18.8 Å². The molecule has 0 aliphatic rings. The van der Waals surface area contributed by atoms with Crippen molar-refractivity contribution in [2.45, 2.75) is 46.1 Å². The van der Waals surface area contributed by atoms with E-state index in [1.165, 1.54) is 16.7 Å². The van der Waals surface area contributed by atoms with Gasteiger partial charge in [0.25, 0.3) is 0 Å². The summed E-state index contributed by atoms with van der Waals surface area (Å²) in [5, 5.41) is 10.4. The van der Waals surface area contributed by atoms with Gasteiger partial charge in [-0.1, -0.05) is 42.0 Å². The first-order valence-electron chi connectivity index (χ1n) is 9.16. The summed E-state index contributed by atoms with van der Waals surface area (Å²) in [4.78, 5) is 2.25. The molecule has 0 saturated heterocycles. The number of rotatable bonds is 10. The lowest BCUT2D eigenvalue weighted by Gasteiger charge is -2.26. The lowest BCUT2D eigenvalue weighted by Crippen LogP contribution is -2.34. The quantitative estimate of drug-likeness (QED) is 0.702.